The van der Waals surface area contributed by atoms with Crippen molar-refractivity contribution in [3.8, 4) is 11.5 Å². The molecule has 0 saturated carbocycles. The third-order valence-electron chi connectivity index (χ3n) is 4.94. The molecule has 0 spiro atoms. The minimum atomic E-state index is -0.164. The Morgan fingerprint density at radius 3 is 2.45 bits per heavy atom. The monoisotopic (exact) mass is 432 g/mol. The fourth-order valence-electron chi connectivity index (χ4n) is 3.46. The smallest absolute Gasteiger partial charge is 0.267 e. The first-order valence-corrected chi connectivity index (χ1v) is 10.8. The first-order chi connectivity index (χ1) is 15.0. The molecule has 1 heterocycles. The van der Waals surface area contributed by atoms with Gasteiger partial charge in [-0.2, -0.15) is 0 Å². The van der Waals surface area contributed by atoms with Gasteiger partial charge in [-0.05, 0) is 48.7 Å². The average Bonchev–Trinajstić information content (AvgIpc) is 3.20. The fourth-order valence-corrected chi connectivity index (χ4v) is 4.50. The second-order valence-electron chi connectivity index (χ2n) is 7.33. The summed E-state index contributed by atoms with van der Waals surface area (Å²) in [6.07, 6.45) is 0. The van der Waals surface area contributed by atoms with Gasteiger partial charge in [0, 0.05) is 0 Å². The van der Waals surface area contributed by atoms with E-state index in [9.17, 15) is 4.79 Å². The zero-order chi connectivity index (χ0) is 21.8. The fraction of sp³-hybridized carbons (Fsp3) is 0.200. The number of hydrogen-bond donors (Lipinski definition) is 0. The van der Waals surface area contributed by atoms with Gasteiger partial charge in [0.25, 0.3) is 5.91 Å². The molecule has 4 aromatic rings. The van der Waals surface area contributed by atoms with Crippen LogP contribution in [-0.4, -0.2) is 24.6 Å². The van der Waals surface area contributed by atoms with E-state index in [2.05, 4.69) is 26.0 Å². The Bertz CT molecular complexity index is 1200. The molecule has 0 unspecified atom stereocenters. The second-order valence-corrected chi connectivity index (χ2v) is 8.31. The number of methoxy groups -OCH3 is 1. The minimum Gasteiger partial charge on any atom is -0.493 e. The molecule has 6 heteroatoms. The number of benzene rings is 3. The zero-order valence-electron chi connectivity index (χ0n) is 17.8. The third kappa shape index (κ3) is 4.70. The molecule has 3 aromatic carbocycles. The van der Waals surface area contributed by atoms with Crippen LogP contribution in [0.3, 0.4) is 0 Å². The van der Waals surface area contributed by atoms with Gasteiger partial charge in [-0.25, -0.2) is 4.98 Å². The predicted octanol–water partition coefficient (Wildman–Crippen LogP) is 5.53. The van der Waals surface area contributed by atoms with Crippen molar-refractivity contribution in [1.29, 1.82) is 0 Å². The summed E-state index contributed by atoms with van der Waals surface area (Å²) in [6.45, 7) is 4.44. The normalized spacial score (nSPS) is 10.8. The number of nitrogens with zero attached hydrogens (tertiary/aromatic N) is 2. The van der Waals surface area contributed by atoms with Crippen LogP contribution in [0.15, 0.2) is 66.7 Å². The molecule has 0 aliphatic carbocycles. The molecule has 0 fully saturated rings. The van der Waals surface area contributed by atoms with Crippen molar-refractivity contribution >= 4 is 32.6 Å². The topological polar surface area (TPSA) is 51.7 Å². The number of aromatic nitrogens is 1. The van der Waals surface area contributed by atoms with E-state index in [1.807, 2.05) is 42.5 Å². The van der Waals surface area contributed by atoms with Crippen molar-refractivity contribution in [2.75, 3.05) is 18.6 Å². The number of amides is 1. The quantitative estimate of drug-likeness (QED) is 0.385. The number of carbonyl (C=O) groups excluding carboxylic acids is 1. The van der Waals surface area contributed by atoms with Crippen molar-refractivity contribution in [3.63, 3.8) is 0 Å². The van der Waals surface area contributed by atoms with Gasteiger partial charge in [0.15, 0.2) is 23.2 Å². The van der Waals surface area contributed by atoms with Gasteiger partial charge < -0.3 is 9.47 Å². The van der Waals surface area contributed by atoms with Gasteiger partial charge in [-0.1, -0.05) is 59.9 Å². The van der Waals surface area contributed by atoms with E-state index in [-0.39, 0.29) is 12.5 Å². The molecule has 0 saturated heterocycles. The summed E-state index contributed by atoms with van der Waals surface area (Å²) >= 11 is 1.53. The Kier molecular flexibility index (Phi) is 6.18. The highest BCUT2D eigenvalue weighted by molar-refractivity contribution is 7.22. The standard InChI is InChI=1S/C25H24N2O3S/c1-17-13-18(2)24-20(14-17)26-25(31-24)27(15-19-9-5-4-6-10-19)23(28)16-30-22-12-8-7-11-21(22)29-3/h4-14H,15-16H2,1-3H3. The van der Waals surface area contributed by atoms with E-state index in [0.717, 1.165) is 26.9 Å². The van der Waals surface area contributed by atoms with Gasteiger partial charge >= 0.3 is 0 Å². The van der Waals surface area contributed by atoms with Crippen LogP contribution in [0.2, 0.25) is 0 Å². The van der Waals surface area contributed by atoms with Crippen molar-refractivity contribution in [1.82, 2.24) is 4.98 Å². The van der Waals surface area contributed by atoms with Crippen LogP contribution in [-0.2, 0) is 11.3 Å². The molecule has 31 heavy (non-hydrogen) atoms. The number of fused-ring (bicyclic) bond motifs is 1. The number of thiazole rings is 1. The molecule has 1 amide bonds. The van der Waals surface area contributed by atoms with Crippen molar-refractivity contribution < 1.29 is 14.3 Å². The third-order valence-corrected chi connectivity index (χ3v) is 6.17. The molecule has 0 radical (unpaired) electrons. The molecule has 158 valence electrons. The maximum Gasteiger partial charge on any atom is 0.267 e. The number of ether oxygens (including phenoxy) is 2. The van der Waals surface area contributed by atoms with Gasteiger partial charge in [-0.3, -0.25) is 9.69 Å². The Hall–Kier alpha value is -3.38. The van der Waals surface area contributed by atoms with Crippen LogP contribution in [0.4, 0.5) is 5.13 Å². The molecule has 5 nitrogen and oxygen atoms in total. The van der Waals surface area contributed by atoms with Gasteiger partial charge in [0.2, 0.25) is 0 Å². The molecule has 0 N–H and O–H groups in total. The largest absolute Gasteiger partial charge is 0.493 e. The van der Waals surface area contributed by atoms with Crippen LogP contribution in [0.5, 0.6) is 11.5 Å². The van der Waals surface area contributed by atoms with Crippen LogP contribution < -0.4 is 14.4 Å². The highest BCUT2D eigenvalue weighted by Crippen LogP contribution is 2.33. The van der Waals surface area contributed by atoms with E-state index < -0.39 is 0 Å². The lowest BCUT2D eigenvalue weighted by Gasteiger charge is -2.20. The minimum absolute atomic E-state index is 0.110. The molecule has 1 aromatic heterocycles. The van der Waals surface area contributed by atoms with E-state index in [4.69, 9.17) is 14.5 Å². The van der Waals surface area contributed by atoms with Crippen molar-refractivity contribution in [2.24, 2.45) is 0 Å². The second kappa shape index (κ2) is 9.18. The Balaban J connectivity index is 1.64. The summed E-state index contributed by atoms with van der Waals surface area (Å²) in [5.74, 6) is 0.966. The lowest BCUT2D eigenvalue weighted by atomic mass is 10.1. The zero-order valence-corrected chi connectivity index (χ0v) is 18.6. The predicted molar refractivity (Wildman–Crippen MR) is 125 cm³/mol. The Morgan fingerprint density at radius 2 is 1.71 bits per heavy atom. The lowest BCUT2D eigenvalue weighted by Crippen LogP contribution is -2.34. The summed E-state index contributed by atoms with van der Waals surface area (Å²) in [5, 5.41) is 0.668. The van der Waals surface area contributed by atoms with Gasteiger partial charge in [-0.15, -0.1) is 0 Å². The van der Waals surface area contributed by atoms with E-state index in [1.54, 1.807) is 24.1 Å². The Morgan fingerprint density at radius 1 is 1.00 bits per heavy atom. The van der Waals surface area contributed by atoms with Crippen LogP contribution in [0.25, 0.3) is 10.2 Å². The number of anilines is 1. The molecule has 0 aliphatic heterocycles. The van der Waals surface area contributed by atoms with Crippen molar-refractivity contribution in [2.45, 2.75) is 20.4 Å². The molecular weight excluding hydrogens is 408 g/mol. The van der Waals surface area contributed by atoms with Crippen LogP contribution >= 0.6 is 11.3 Å². The molecule has 0 atom stereocenters. The number of para-hydroxylation sites is 2. The summed E-state index contributed by atoms with van der Waals surface area (Å²) < 4.78 is 12.2. The maximum absolute atomic E-state index is 13.3. The summed E-state index contributed by atoms with van der Waals surface area (Å²) in [7, 11) is 1.58. The molecular formula is C25H24N2O3S. The first-order valence-electron chi connectivity index (χ1n) is 10.0. The summed E-state index contributed by atoms with van der Waals surface area (Å²) in [4.78, 5) is 19.8. The number of rotatable bonds is 7. The van der Waals surface area contributed by atoms with E-state index in [0.29, 0.717) is 23.2 Å². The number of carbonyl (C=O) groups is 1. The van der Waals surface area contributed by atoms with Crippen LogP contribution in [0, 0.1) is 13.8 Å². The average molecular weight is 433 g/mol. The first kappa shape index (κ1) is 20.9. The number of hydrogen-bond acceptors (Lipinski definition) is 5. The Labute approximate surface area is 185 Å². The SMILES string of the molecule is COc1ccccc1OCC(=O)N(Cc1ccccc1)c1nc2cc(C)cc(C)c2s1. The van der Waals surface area contributed by atoms with Gasteiger partial charge in [0.1, 0.15) is 0 Å². The van der Waals surface area contributed by atoms with Gasteiger partial charge in [0.05, 0.1) is 23.9 Å². The van der Waals surface area contributed by atoms with E-state index in [1.165, 1.54) is 11.3 Å². The van der Waals surface area contributed by atoms with E-state index >= 15 is 0 Å². The molecule has 0 bridgehead atoms. The maximum atomic E-state index is 13.3. The van der Waals surface area contributed by atoms with Crippen molar-refractivity contribution in [3.05, 3.63) is 83.4 Å². The highest BCUT2D eigenvalue weighted by Gasteiger charge is 2.22. The lowest BCUT2D eigenvalue weighted by molar-refractivity contribution is -0.120. The summed E-state index contributed by atoms with van der Waals surface area (Å²) in [5.41, 5.74) is 4.26. The highest BCUT2D eigenvalue weighted by atomic mass is 32.1. The summed E-state index contributed by atoms with van der Waals surface area (Å²) in [6, 6.07) is 21.4. The van der Waals surface area contributed by atoms with Crippen LogP contribution in [0.1, 0.15) is 16.7 Å². The number of aryl methyl sites for hydroxylation is 2. The molecule has 4 rings (SSSR count). The molecule has 0 aliphatic rings.